The summed E-state index contributed by atoms with van der Waals surface area (Å²) in [5.74, 6) is 2.29. The number of guanidine groups is 1. The molecular formula is C18H39IN4O. The Labute approximate surface area is 166 Å². The Bertz CT molecular complexity index is 339. The van der Waals surface area contributed by atoms with E-state index in [1.165, 1.54) is 25.9 Å². The molecule has 0 saturated carbocycles. The standard InChI is InChI=1S/C18H38N4O.HI/c1-6-23-17(15(2)3)9-10-20-18(19-5)21-11-13-22-12-7-8-16(4)14-22;/h15-17H,6-14H2,1-5H3,(H2,19,20,21);1H. The van der Waals surface area contributed by atoms with E-state index in [0.29, 0.717) is 12.0 Å². The van der Waals surface area contributed by atoms with Crippen molar-refractivity contribution in [1.29, 1.82) is 0 Å². The average molecular weight is 454 g/mol. The fraction of sp³-hybridized carbons (Fsp3) is 0.944. The van der Waals surface area contributed by atoms with Crippen LogP contribution in [-0.4, -0.2) is 63.3 Å². The highest BCUT2D eigenvalue weighted by atomic mass is 127. The highest BCUT2D eigenvalue weighted by molar-refractivity contribution is 14.0. The van der Waals surface area contributed by atoms with E-state index in [0.717, 1.165) is 44.5 Å². The molecule has 0 spiro atoms. The van der Waals surface area contributed by atoms with Crippen molar-refractivity contribution < 1.29 is 4.74 Å². The number of hydrogen-bond acceptors (Lipinski definition) is 3. The van der Waals surface area contributed by atoms with Crippen LogP contribution in [0.1, 0.15) is 47.0 Å². The van der Waals surface area contributed by atoms with Gasteiger partial charge in [-0.2, -0.15) is 0 Å². The Morgan fingerprint density at radius 1 is 1.29 bits per heavy atom. The number of piperidine rings is 1. The van der Waals surface area contributed by atoms with Crippen molar-refractivity contribution in [2.24, 2.45) is 16.8 Å². The molecule has 0 bridgehead atoms. The Morgan fingerprint density at radius 2 is 2.00 bits per heavy atom. The van der Waals surface area contributed by atoms with Crippen LogP contribution in [0.4, 0.5) is 0 Å². The third-order valence-electron chi connectivity index (χ3n) is 4.53. The molecule has 0 aromatic rings. The molecule has 5 nitrogen and oxygen atoms in total. The van der Waals surface area contributed by atoms with Crippen molar-refractivity contribution >= 4 is 29.9 Å². The molecule has 2 N–H and O–H groups in total. The smallest absolute Gasteiger partial charge is 0.191 e. The molecule has 6 heteroatoms. The molecular weight excluding hydrogens is 415 g/mol. The summed E-state index contributed by atoms with van der Waals surface area (Å²) < 4.78 is 5.78. The minimum absolute atomic E-state index is 0. The molecule has 144 valence electrons. The zero-order valence-corrected chi connectivity index (χ0v) is 18.6. The van der Waals surface area contributed by atoms with Crippen LogP contribution in [-0.2, 0) is 4.74 Å². The van der Waals surface area contributed by atoms with Gasteiger partial charge >= 0.3 is 0 Å². The Kier molecular flexibility index (Phi) is 14.1. The zero-order valence-electron chi connectivity index (χ0n) is 16.3. The van der Waals surface area contributed by atoms with Crippen LogP contribution in [0.5, 0.6) is 0 Å². The van der Waals surface area contributed by atoms with Crippen LogP contribution in [0.25, 0.3) is 0 Å². The van der Waals surface area contributed by atoms with E-state index in [1.807, 2.05) is 7.05 Å². The van der Waals surface area contributed by atoms with E-state index in [2.05, 4.69) is 48.2 Å². The minimum atomic E-state index is 0. The summed E-state index contributed by atoms with van der Waals surface area (Å²) in [5, 5.41) is 6.82. The van der Waals surface area contributed by atoms with E-state index < -0.39 is 0 Å². The second kappa shape index (κ2) is 14.1. The Hall–Kier alpha value is -0.0800. The fourth-order valence-corrected chi connectivity index (χ4v) is 3.20. The lowest BCUT2D eigenvalue weighted by Gasteiger charge is -2.30. The zero-order chi connectivity index (χ0) is 17.1. The third kappa shape index (κ3) is 10.0. The first-order chi connectivity index (χ1) is 11.1. The van der Waals surface area contributed by atoms with Gasteiger partial charge in [0.2, 0.25) is 0 Å². The van der Waals surface area contributed by atoms with Gasteiger partial charge in [-0.05, 0) is 44.6 Å². The van der Waals surface area contributed by atoms with E-state index in [-0.39, 0.29) is 24.0 Å². The van der Waals surface area contributed by atoms with Crippen molar-refractivity contribution in [2.75, 3.05) is 46.4 Å². The molecule has 0 radical (unpaired) electrons. The maximum Gasteiger partial charge on any atom is 0.191 e. The molecule has 2 atom stereocenters. The molecule has 1 aliphatic rings. The number of rotatable bonds is 9. The van der Waals surface area contributed by atoms with E-state index in [9.17, 15) is 0 Å². The maximum atomic E-state index is 5.78. The number of halogens is 1. The summed E-state index contributed by atoms with van der Waals surface area (Å²) in [6.07, 6.45) is 4.04. The molecule has 1 rings (SSSR count). The van der Waals surface area contributed by atoms with Crippen molar-refractivity contribution in [3.8, 4) is 0 Å². The minimum Gasteiger partial charge on any atom is -0.378 e. The molecule has 2 unspecified atom stereocenters. The first-order valence-corrected chi connectivity index (χ1v) is 9.35. The SMILES string of the molecule is CCOC(CCNC(=NC)NCCN1CCCC(C)C1)C(C)C.I. The van der Waals surface area contributed by atoms with Gasteiger partial charge in [-0.1, -0.05) is 20.8 Å². The van der Waals surface area contributed by atoms with Crippen LogP contribution in [0.3, 0.4) is 0 Å². The van der Waals surface area contributed by atoms with Gasteiger partial charge in [0.1, 0.15) is 0 Å². The Balaban J connectivity index is 0.00000529. The molecule has 1 saturated heterocycles. The number of hydrogen-bond donors (Lipinski definition) is 2. The summed E-state index contributed by atoms with van der Waals surface area (Å²) in [7, 11) is 1.83. The first-order valence-electron chi connectivity index (χ1n) is 9.35. The number of likely N-dealkylation sites (tertiary alicyclic amines) is 1. The van der Waals surface area contributed by atoms with Crippen molar-refractivity contribution in [1.82, 2.24) is 15.5 Å². The van der Waals surface area contributed by atoms with Gasteiger partial charge < -0.3 is 20.3 Å². The van der Waals surface area contributed by atoms with Crippen molar-refractivity contribution in [3.63, 3.8) is 0 Å². The van der Waals surface area contributed by atoms with E-state index in [1.54, 1.807) is 0 Å². The number of nitrogens with zero attached hydrogens (tertiary/aromatic N) is 2. The highest BCUT2D eigenvalue weighted by Crippen LogP contribution is 2.14. The number of ether oxygens (including phenoxy) is 1. The van der Waals surface area contributed by atoms with Crippen LogP contribution < -0.4 is 10.6 Å². The van der Waals surface area contributed by atoms with Crippen LogP contribution in [0, 0.1) is 11.8 Å². The molecule has 0 aromatic carbocycles. The predicted octanol–water partition coefficient (Wildman–Crippen LogP) is 2.95. The first kappa shape index (κ1) is 23.9. The summed E-state index contributed by atoms with van der Waals surface area (Å²) in [4.78, 5) is 6.86. The summed E-state index contributed by atoms with van der Waals surface area (Å²) in [6.45, 7) is 15.0. The molecule has 1 heterocycles. The maximum absolute atomic E-state index is 5.78. The van der Waals surface area contributed by atoms with Gasteiger partial charge in [0.15, 0.2) is 5.96 Å². The topological polar surface area (TPSA) is 48.9 Å². The quantitative estimate of drug-likeness (QED) is 0.320. The summed E-state index contributed by atoms with van der Waals surface area (Å²) >= 11 is 0. The second-order valence-corrected chi connectivity index (χ2v) is 7.00. The highest BCUT2D eigenvalue weighted by Gasteiger charge is 2.16. The number of aliphatic imine (C=N–C) groups is 1. The predicted molar refractivity (Wildman–Crippen MR) is 114 cm³/mol. The van der Waals surface area contributed by atoms with Crippen molar-refractivity contribution in [2.45, 2.75) is 53.1 Å². The molecule has 1 fully saturated rings. The second-order valence-electron chi connectivity index (χ2n) is 7.00. The van der Waals surface area contributed by atoms with Crippen LogP contribution in [0.2, 0.25) is 0 Å². The van der Waals surface area contributed by atoms with Crippen molar-refractivity contribution in [3.05, 3.63) is 0 Å². The lowest BCUT2D eigenvalue weighted by Crippen LogP contribution is -2.44. The monoisotopic (exact) mass is 454 g/mol. The van der Waals surface area contributed by atoms with Gasteiger partial charge in [0, 0.05) is 39.8 Å². The van der Waals surface area contributed by atoms with Gasteiger partial charge in [-0.25, -0.2) is 0 Å². The Morgan fingerprint density at radius 3 is 2.58 bits per heavy atom. The largest absolute Gasteiger partial charge is 0.378 e. The third-order valence-corrected chi connectivity index (χ3v) is 4.53. The van der Waals surface area contributed by atoms with Crippen LogP contribution in [0.15, 0.2) is 4.99 Å². The molecule has 0 aromatic heterocycles. The summed E-state index contributed by atoms with van der Waals surface area (Å²) in [5.41, 5.74) is 0. The number of nitrogens with one attached hydrogen (secondary N) is 2. The van der Waals surface area contributed by atoms with E-state index in [4.69, 9.17) is 4.74 Å². The van der Waals surface area contributed by atoms with E-state index >= 15 is 0 Å². The molecule has 1 aliphatic heterocycles. The van der Waals surface area contributed by atoms with Gasteiger partial charge in [-0.15, -0.1) is 24.0 Å². The molecule has 0 amide bonds. The average Bonchev–Trinajstić information content (AvgIpc) is 2.52. The van der Waals surface area contributed by atoms with Gasteiger partial charge in [0.05, 0.1) is 6.10 Å². The van der Waals surface area contributed by atoms with Crippen LogP contribution >= 0.6 is 24.0 Å². The summed E-state index contributed by atoms with van der Waals surface area (Å²) in [6, 6.07) is 0. The van der Waals surface area contributed by atoms with Gasteiger partial charge in [0.25, 0.3) is 0 Å². The van der Waals surface area contributed by atoms with Gasteiger partial charge in [-0.3, -0.25) is 4.99 Å². The molecule has 24 heavy (non-hydrogen) atoms. The lowest BCUT2D eigenvalue weighted by atomic mass is 10.0. The normalized spacial score (nSPS) is 20.6. The lowest BCUT2D eigenvalue weighted by molar-refractivity contribution is 0.0258. The molecule has 0 aliphatic carbocycles. The fourth-order valence-electron chi connectivity index (χ4n) is 3.20.